The molecule has 0 bridgehead atoms. The summed E-state index contributed by atoms with van der Waals surface area (Å²) in [5.41, 5.74) is 5.92. The highest BCUT2D eigenvalue weighted by molar-refractivity contribution is 5.95. The Morgan fingerprint density at radius 1 is 1.42 bits per heavy atom. The highest BCUT2D eigenvalue weighted by atomic mass is 16.4. The summed E-state index contributed by atoms with van der Waals surface area (Å²) in [7, 11) is 0. The van der Waals surface area contributed by atoms with E-state index in [0.29, 0.717) is 5.92 Å². The minimum Gasteiger partial charge on any atom is -0.506 e. The first-order valence-corrected chi connectivity index (χ1v) is 6.09. The van der Waals surface area contributed by atoms with Gasteiger partial charge in [0.05, 0.1) is 11.3 Å². The molecule has 2 rings (SSSR count). The lowest BCUT2D eigenvalue weighted by atomic mass is 10.1. The van der Waals surface area contributed by atoms with Gasteiger partial charge in [-0.1, -0.05) is 0 Å². The lowest BCUT2D eigenvalue weighted by Gasteiger charge is -2.11. The van der Waals surface area contributed by atoms with Crippen LogP contribution in [0.25, 0.3) is 0 Å². The van der Waals surface area contributed by atoms with Crippen LogP contribution in [0.3, 0.4) is 0 Å². The summed E-state index contributed by atoms with van der Waals surface area (Å²) in [6, 6.07) is 3.55. The van der Waals surface area contributed by atoms with Crippen LogP contribution >= 0.6 is 0 Å². The molecule has 1 aromatic carbocycles. The number of carboxylic acids is 1. The first-order chi connectivity index (χ1) is 8.97. The predicted molar refractivity (Wildman–Crippen MR) is 69.0 cm³/mol. The standard InChI is InChI=1S/C13H16N2O4/c14-9(7-1-2-7)6-12(17)15-10-5-8(13(18)19)3-4-11(10)16/h3-5,7,9,16H,1-2,6,14H2,(H,15,17)(H,18,19). The summed E-state index contributed by atoms with van der Waals surface area (Å²) in [5.74, 6) is -1.20. The maximum Gasteiger partial charge on any atom is 0.335 e. The Morgan fingerprint density at radius 3 is 2.68 bits per heavy atom. The third kappa shape index (κ3) is 3.45. The minimum absolute atomic E-state index is 0.000378. The Hall–Kier alpha value is -2.08. The molecule has 19 heavy (non-hydrogen) atoms. The molecular weight excluding hydrogens is 248 g/mol. The molecule has 0 heterocycles. The molecule has 0 aliphatic heterocycles. The van der Waals surface area contributed by atoms with Crippen molar-refractivity contribution in [2.24, 2.45) is 11.7 Å². The van der Waals surface area contributed by atoms with Crippen LogP contribution < -0.4 is 11.1 Å². The fraction of sp³-hybridized carbons (Fsp3) is 0.385. The van der Waals surface area contributed by atoms with E-state index >= 15 is 0 Å². The maximum absolute atomic E-state index is 11.7. The van der Waals surface area contributed by atoms with E-state index in [1.807, 2.05) is 0 Å². The van der Waals surface area contributed by atoms with E-state index in [0.717, 1.165) is 12.8 Å². The number of carbonyl (C=O) groups excluding carboxylic acids is 1. The minimum atomic E-state index is -1.12. The summed E-state index contributed by atoms with van der Waals surface area (Å²) in [6.45, 7) is 0. The molecule has 1 aliphatic carbocycles. The van der Waals surface area contributed by atoms with Crippen LogP contribution in [0.1, 0.15) is 29.6 Å². The monoisotopic (exact) mass is 264 g/mol. The van der Waals surface area contributed by atoms with Crippen molar-refractivity contribution in [2.75, 3.05) is 5.32 Å². The number of phenolic OH excluding ortho intramolecular Hbond substituents is 1. The van der Waals surface area contributed by atoms with Crippen LogP contribution in [0.15, 0.2) is 18.2 Å². The molecule has 102 valence electrons. The predicted octanol–water partition coefficient (Wildman–Crippen LogP) is 1.16. The third-order valence-corrected chi connectivity index (χ3v) is 3.17. The highest BCUT2D eigenvalue weighted by Gasteiger charge is 2.29. The molecule has 1 saturated carbocycles. The van der Waals surface area contributed by atoms with Crippen LogP contribution in [0.4, 0.5) is 5.69 Å². The topological polar surface area (TPSA) is 113 Å². The summed E-state index contributed by atoms with van der Waals surface area (Å²) in [4.78, 5) is 22.6. The van der Waals surface area contributed by atoms with Gasteiger partial charge in [-0.25, -0.2) is 4.79 Å². The van der Waals surface area contributed by atoms with Gasteiger partial charge in [0.1, 0.15) is 5.75 Å². The second-order valence-electron chi connectivity index (χ2n) is 4.79. The molecule has 1 aliphatic rings. The SMILES string of the molecule is NC(CC(=O)Nc1cc(C(=O)O)ccc1O)C1CC1. The quantitative estimate of drug-likeness (QED) is 0.596. The number of phenols is 1. The second kappa shape index (κ2) is 5.27. The normalized spacial score (nSPS) is 15.8. The Balaban J connectivity index is 2.02. The fourth-order valence-corrected chi connectivity index (χ4v) is 1.88. The smallest absolute Gasteiger partial charge is 0.335 e. The van der Waals surface area contributed by atoms with Crippen molar-refractivity contribution in [3.63, 3.8) is 0 Å². The van der Waals surface area contributed by atoms with Crippen molar-refractivity contribution in [1.82, 2.24) is 0 Å². The molecule has 0 aromatic heterocycles. The van der Waals surface area contributed by atoms with Crippen molar-refractivity contribution in [2.45, 2.75) is 25.3 Å². The molecule has 0 saturated heterocycles. The molecular formula is C13H16N2O4. The van der Waals surface area contributed by atoms with Gasteiger partial charge in [0.25, 0.3) is 0 Å². The number of rotatable bonds is 5. The number of anilines is 1. The van der Waals surface area contributed by atoms with E-state index in [9.17, 15) is 14.7 Å². The van der Waals surface area contributed by atoms with Crippen LogP contribution in [-0.4, -0.2) is 28.1 Å². The molecule has 1 amide bonds. The Bertz CT molecular complexity index is 511. The van der Waals surface area contributed by atoms with Gasteiger partial charge in [-0.3, -0.25) is 4.79 Å². The Labute approximate surface area is 110 Å². The second-order valence-corrected chi connectivity index (χ2v) is 4.79. The molecule has 1 fully saturated rings. The van der Waals surface area contributed by atoms with E-state index in [1.165, 1.54) is 18.2 Å². The first-order valence-electron chi connectivity index (χ1n) is 6.09. The zero-order chi connectivity index (χ0) is 14.0. The van der Waals surface area contributed by atoms with Crippen molar-refractivity contribution in [1.29, 1.82) is 0 Å². The summed E-state index contributed by atoms with van der Waals surface area (Å²) >= 11 is 0. The summed E-state index contributed by atoms with van der Waals surface area (Å²) < 4.78 is 0. The van der Waals surface area contributed by atoms with Gasteiger partial charge in [-0.2, -0.15) is 0 Å². The largest absolute Gasteiger partial charge is 0.506 e. The first kappa shape index (κ1) is 13.4. The van der Waals surface area contributed by atoms with Crippen molar-refractivity contribution in [3.8, 4) is 5.75 Å². The van der Waals surface area contributed by atoms with Crippen LogP contribution in [0, 0.1) is 5.92 Å². The number of benzene rings is 1. The van der Waals surface area contributed by atoms with Gasteiger partial charge in [-0.05, 0) is 37.0 Å². The molecule has 1 aromatic rings. The number of amides is 1. The average Bonchev–Trinajstić information content (AvgIpc) is 3.15. The number of carboxylic acid groups (broad SMARTS) is 1. The number of nitrogens with two attached hydrogens (primary N) is 1. The Morgan fingerprint density at radius 2 is 2.11 bits per heavy atom. The number of aromatic carboxylic acids is 1. The zero-order valence-electron chi connectivity index (χ0n) is 10.3. The van der Waals surface area contributed by atoms with Crippen molar-refractivity contribution in [3.05, 3.63) is 23.8 Å². The maximum atomic E-state index is 11.7. The highest BCUT2D eigenvalue weighted by Crippen LogP contribution is 2.33. The average molecular weight is 264 g/mol. The van der Waals surface area contributed by atoms with Gasteiger partial charge >= 0.3 is 5.97 Å². The van der Waals surface area contributed by atoms with E-state index in [4.69, 9.17) is 10.8 Å². The number of aromatic hydroxyl groups is 1. The zero-order valence-corrected chi connectivity index (χ0v) is 10.3. The van der Waals surface area contributed by atoms with E-state index in [2.05, 4.69) is 5.32 Å². The molecule has 6 heteroatoms. The number of carbonyl (C=O) groups is 2. The lowest BCUT2D eigenvalue weighted by molar-refractivity contribution is -0.116. The number of hydrogen-bond acceptors (Lipinski definition) is 4. The molecule has 1 unspecified atom stereocenters. The fourth-order valence-electron chi connectivity index (χ4n) is 1.88. The molecule has 1 atom stereocenters. The number of hydrogen-bond donors (Lipinski definition) is 4. The molecule has 6 nitrogen and oxygen atoms in total. The van der Waals surface area contributed by atoms with Gasteiger partial charge < -0.3 is 21.3 Å². The van der Waals surface area contributed by atoms with Crippen molar-refractivity contribution >= 4 is 17.6 Å². The molecule has 0 radical (unpaired) electrons. The number of nitrogens with one attached hydrogen (secondary N) is 1. The third-order valence-electron chi connectivity index (χ3n) is 3.17. The van der Waals surface area contributed by atoms with Gasteiger partial charge in [-0.15, -0.1) is 0 Å². The van der Waals surface area contributed by atoms with Crippen LogP contribution in [-0.2, 0) is 4.79 Å². The van der Waals surface area contributed by atoms with E-state index < -0.39 is 5.97 Å². The molecule has 5 N–H and O–H groups in total. The van der Waals surface area contributed by atoms with Gasteiger partial charge in [0, 0.05) is 12.5 Å². The summed E-state index contributed by atoms with van der Waals surface area (Å²) in [6.07, 6.45) is 2.27. The van der Waals surface area contributed by atoms with Gasteiger partial charge in [0.15, 0.2) is 0 Å². The van der Waals surface area contributed by atoms with Gasteiger partial charge in [0.2, 0.25) is 5.91 Å². The van der Waals surface area contributed by atoms with Crippen LogP contribution in [0.2, 0.25) is 0 Å². The van der Waals surface area contributed by atoms with Crippen LogP contribution in [0.5, 0.6) is 5.75 Å². The molecule has 0 spiro atoms. The van der Waals surface area contributed by atoms with E-state index in [1.54, 1.807) is 0 Å². The van der Waals surface area contributed by atoms with Crippen molar-refractivity contribution < 1.29 is 19.8 Å². The van der Waals surface area contributed by atoms with E-state index in [-0.39, 0.29) is 35.4 Å². The summed E-state index contributed by atoms with van der Waals surface area (Å²) in [5, 5.41) is 20.9. The lowest BCUT2D eigenvalue weighted by Crippen LogP contribution is -2.28. The Kier molecular flexibility index (Phi) is 3.71.